The predicted octanol–water partition coefficient (Wildman–Crippen LogP) is 2.93. The zero-order valence-corrected chi connectivity index (χ0v) is 15.8. The monoisotopic (exact) mass is 458 g/mol. The van der Waals surface area contributed by atoms with Crippen LogP contribution in [0.25, 0.3) is 0 Å². The highest BCUT2D eigenvalue weighted by Crippen LogP contribution is 2.24. The molecule has 2 aromatic rings. The predicted molar refractivity (Wildman–Crippen MR) is 98.8 cm³/mol. The molecule has 0 bridgehead atoms. The summed E-state index contributed by atoms with van der Waals surface area (Å²) < 4.78 is 30.7. The van der Waals surface area contributed by atoms with Crippen LogP contribution in [-0.4, -0.2) is 39.5 Å². The van der Waals surface area contributed by atoms with E-state index < -0.39 is 10.1 Å². The van der Waals surface area contributed by atoms with Crippen LogP contribution in [0.15, 0.2) is 53.4 Å². The molecule has 1 aliphatic heterocycles. The molecule has 0 aliphatic carbocycles. The fourth-order valence-electron chi connectivity index (χ4n) is 2.37. The van der Waals surface area contributed by atoms with Gasteiger partial charge < -0.3 is 9.08 Å². The van der Waals surface area contributed by atoms with Gasteiger partial charge >= 0.3 is 16.1 Å². The van der Waals surface area contributed by atoms with E-state index in [1.807, 2.05) is 6.07 Å². The molecule has 0 radical (unpaired) electrons. The molecule has 0 atom stereocenters. The number of hydrogen-bond acceptors (Lipinski definition) is 4. The summed E-state index contributed by atoms with van der Waals surface area (Å²) in [5, 5.41) is 0. The quantitative estimate of drug-likeness (QED) is 0.522. The van der Waals surface area contributed by atoms with Gasteiger partial charge in [0, 0.05) is 29.4 Å². The summed E-state index contributed by atoms with van der Waals surface area (Å²) in [5.41, 5.74) is 0.664. The normalized spacial score (nSPS) is 15.0. The van der Waals surface area contributed by atoms with Gasteiger partial charge in [0.15, 0.2) is 0 Å². The van der Waals surface area contributed by atoms with E-state index in [1.54, 1.807) is 47.2 Å². The lowest BCUT2D eigenvalue weighted by atomic mass is 10.3. The van der Waals surface area contributed by atoms with Crippen molar-refractivity contribution in [2.45, 2.75) is 4.90 Å². The Morgan fingerprint density at radius 2 is 1.79 bits per heavy atom. The molecular formula is C16H15IN2O4S. The molecule has 126 valence electrons. The van der Waals surface area contributed by atoms with Crippen molar-refractivity contribution in [1.29, 1.82) is 0 Å². The lowest BCUT2D eigenvalue weighted by Crippen LogP contribution is -2.29. The number of urea groups is 1. The van der Waals surface area contributed by atoms with Crippen LogP contribution >= 0.6 is 22.6 Å². The van der Waals surface area contributed by atoms with Crippen molar-refractivity contribution >= 4 is 44.4 Å². The van der Waals surface area contributed by atoms with Crippen LogP contribution in [0, 0.1) is 3.57 Å². The van der Waals surface area contributed by atoms with Gasteiger partial charge in [-0.3, -0.25) is 4.90 Å². The number of amides is 2. The maximum Gasteiger partial charge on any atom is 0.339 e. The third-order valence-corrected chi connectivity index (χ3v) is 5.59. The van der Waals surface area contributed by atoms with Gasteiger partial charge in [-0.1, -0.05) is 6.07 Å². The molecule has 1 saturated heterocycles. The highest BCUT2D eigenvalue weighted by molar-refractivity contribution is 14.1. The Kier molecular flexibility index (Phi) is 4.68. The van der Waals surface area contributed by atoms with Crippen LogP contribution < -0.4 is 9.08 Å². The summed E-state index contributed by atoms with van der Waals surface area (Å²) in [6, 6.07) is 12.8. The summed E-state index contributed by atoms with van der Waals surface area (Å²) in [5.74, 6) is 0.266. The Bertz CT molecular complexity index is 868. The van der Waals surface area contributed by atoms with Crippen LogP contribution in [0.4, 0.5) is 10.5 Å². The molecule has 0 saturated carbocycles. The van der Waals surface area contributed by atoms with Gasteiger partial charge in [0.05, 0.1) is 0 Å². The number of carbonyl (C=O) groups excluding carboxylic acids is 1. The molecule has 6 nitrogen and oxygen atoms in total. The topological polar surface area (TPSA) is 66.9 Å². The van der Waals surface area contributed by atoms with Crippen LogP contribution in [0.1, 0.15) is 0 Å². The first kappa shape index (κ1) is 17.0. The van der Waals surface area contributed by atoms with Crippen molar-refractivity contribution in [2.75, 3.05) is 25.0 Å². The van der Waals surface area contributed by atoms with E-state index in [9.17, 15) is 13.2 Å². The van der Waals surface area contributed by atoms with Crippen molar-refractivity contribution in [3.63, 3.8) is 0 Å². The van der Waals surface area contributed by atoms with Crippen molar-refractivity contribution in [1.82, 2.24) is 4.90 Å². The van der Waals surface area contributed by atoms with Gasteiger partial charge in [-0.2, -0.15) is 8.42 Å². The molecule has 1 aliphatic rings. The van der Waals surface area contributed by atoms with E-state index in [2.05, 4.69) is 22.6 Å². The van der Waals surface area contributed by atoms with Crippen molar-refractivity contribution in [2.24, 2.45) is 0 Å². The number of carbonyl (C=O) groups is 1. The van der Waals surface area contributed by atoms with Gasteiger partial charge in [0.1, 0.15) is 10.6 Å². The molecule has 2 amide bonds. The summed E-state index contributed by atoms with van der Waals surface area (Å²) in [4.78, 5) is 15.2. The van der Waals surface area contributed by atoms with E-state index in [1.165, 1.54) is 12.1 Å². The molecule has 0 aromatic heterocycles. The Hall–Kier alpha value is -1.81. The van der Waals surface area contributed by atoms with Crippen LogP contribution in [0.2, 0.25) is 0 Å². The molecule has 0 spiro atoms. The summed E-state index contributed by atoms with van der Waals surface area (Å²) in [6.45, 7) is 1.23. The zero-order valence-electron chi connectivity index (χ0n) is 12.8. The fourth-order valence-corrected chi connectivity index (χ4v) is 3.81. The van der Waals surface area contributed by atoms with Gasteiger partial charge in [0.2, 0.25) is 0 Å². The molecule has 0 N–H and O–H groups in total. The third-order valence-electron chi connectivity index (χ3n) is 3.66. The SMILES string of the molecule is CN1CCN(c2ccc(S(=O)(=O)Oc3cccc(I)c3)cc2)C1=O. The maximum absolute atomic E-state index is 12.3. The number of likely N-dealkylation sites (N-methyl/N-ethyl adjacent to an activating group) is 1. The highest BCUT2D eigenvalue weighted by Gasteiger charge is 2.27. The minimum atomic E-state index is -3.91. The molecule has 3 rings (SSSR count). The molecule has 0 unspecified atom stereocenters. The number of nitrogens with zero attached hydrogens (tertiary/aromatic N) is 2. The van der Waals surface area contributed by atoms with Crippen LogP contribution in [0.5, 0.6) is 5.75 Å². The number of benzene rings is 2. The summed E-state index contributed by atoms with van der Waals surface area (Å²) in [7, 11) is -2.18. The first-order valence-electron chi connectivity index (χ1n) is 7.19. The smallest absolute Gasteiger partial charge is 0.339 e. The molecular weight excluding hydrogens is 443 g/mol. The Labute approximate surface area is 154 Å². The number of halogens is 1. The van der Waals surface area contributed by atoms with Crippen LogP contribution in [0.3, 0.4) is 0 Å². The highest BCUT2D eigenvalue weighted by atomic mass is 127. The lowest BCUT2D eigenvalue weighted by molar-refractivity contribution is 0.229. The van der Waals surface area contributed by atoms with E-state index in [0.717, 1.165) is 3.57 Å². The minimum Gasteiger partial charge on any atom is -0.379 e. The number of hydrogen-bond donors (Lipinski definition) is 0. The Balaban J connectivity index is 1.81. The second kappa shape index (κ2) is 6.60. The molecule has 8 heteroatoms. The number of anilines is 1. The second-order valence-corrected chi connectivity index (χ2v) is 8.14. The standard InChI is InChI=1S/C16H15IN2O4S/c1-18-9-10-19(16(18)20)13-5-7-15(8-6-13)24(21,22)23-14-4-2-3-12(17)11-14/h2-8,11H,9-10H2,1H3. The van der Waals surface area contributed by atoms with E-state index in [0.29, 0.717) is 18.8 Å². The van der Waals surface area contributed by atoms with Gasteiger partial charge in [-0.05, 0) is 65.1 Å². The average molecular weight is 458 g/mol. The molecule has 2 aromatic carbocycles. The largest absolute Gasteiger partial charge is 0.379 e. The molecule has 1 heterocycles. The zero-order chi connectivity index (χ0) is 17.3. The fraction of sp³-hybridized carbons (Fsp3) is 0.188. The molecule has 1 fully saturated rings. The lowest BCUT2D eigenvalue weighted by Gasteiger charge is -2.16. The van der Waals surface area contributed by atoms with E-state index >= 15 is 0 Å². The van der Waals surface area contributed by atoms with Crippen molar-refractivity contribution in [3.05, 3.63) is 52.1 Å². The Morgan fingerprint density at radius 3 is 2.38 bits per heavy atom. The van der Waals surface area contributed by atoms with Gasteiger partial charge in [-0.25, -0.2) is 4.79 Å². The van der Waals surface area contributed by atoms with E-state index in [4.69, 9.17) is 4.18 Å². The number of rotatable bonds is 4. The van der Waals surface area contributed by atoms with Crippen LogP contribution in [-0.2, 0) is 10.1 Å². The van der Waals surface area contributed by atoms with Crippen molar-refractivity contribution in [3.8, 4) is 5.75 Å². The summed E-state index contributed by atoms with van der Waals surface area (Å²) >= 11 is 2.08. The third kappa shape index (κ3) is 3.48. The maximum atomic E-state index is 12.3. The molecule has 24 heavy (non-hydrogen) atoms. The Morgan fingerprint density at radius 1 is 1.08 bits per heavy atom. The summed E-state index contributed by atoms with van der Waals surface area (Å²) in [6.07, 6.45) is 0. The van der Waals surface area contributed by atoms with Gasteiger partial charge in [0.25, 0.3) is 0 Å². The first-order valence-corrected chi connectivity index (χ1v) is 9.68. The van der Waals surface area contributed by atoms with E-state index in [-0.39, 0.29) is 16.7 Å². The second-order valence-electron chi connectivity index (χ2n) is 5.34. The first-order chi connectivity index (χ1) is 11.4. The average Bonchev–Trinajstić information content (AvgIpc) is 2.87. The van der Waals surface area contributed by atoms with Gasteiger partial charge in [-0.15, -0.1) is 0 Å². The van der Waals surface area contributed by atoms with Crippen molar-refractivity contribution < 1.29 is 17.4 Å². The minimum absolute atomic E-state index is 0.0464.